The zero-order chi connectivity index (χ0) is 16.5. The Labute approximate surface area is 144 Å². The van der Waals surface area contributed by atoms with E-state index in [2.05, 4.69) is 10.5 Å². The van der Waals surface area contributed by atoms with Gasteiger partial charge in [-0.3, -0.25) is 4.79 Å². The van der Waals surface area contributed by atoms with Crippen LogP contribution in [0.4, 0.5) is 0 Å². The lowest BCUT2D eigenvalue weighted by molar-refractivity contribution is -0.118. The van der Waals surface area contributed by atoms with Crippen molar-refractivity contribution < 1.29 is 9.53 Å². The van der Waals surface area contributed by atoms with Gasteiger partial charge in [0, 0.05) is 16.3 Å². The van der Waals surface area contributed by atoms with Crippen molar-refractivity contribution in [3.05, 3.63) is 64.7 Å². The van der Waals surface area contributed by atoms with Crippen molar-refractivity contribution in [2.24, 2.45) is 5.10 Å². The van der Waals surface area contributed by atoms with Crippen LogP contribution in [0, 0.1) is 0 Å². The Morgan fingerprint density at radius 1 is 1.26 bits per heavy atom. The molecule has 0 radical (unpaired) electrons. The third kappa shape index (κ3) is 5.96. The van der Waals surface area contributed by atoms with Gasteiger partial charge < -0.3 is 4.74 Å². The first kappa shape index (κ1) is 17.4. The largest absolute Gasteiger partial charge is 0.496 e. The average molecular weight is 349 g/mol. The molecule has 0 bridgehead atoms. The Balaban J connectivity index is 1.74. The number of nitrogens with zero attached hydrogens (tertiary/aromatic N) is 1. The highest BCUT2D eigenvalue weighted by atomic mass is 35.5. The summed E-state index contributed by atoms with van der Waals surface area (Å²) < 4.78 is 5.21. The second-order valence-corrected chi connectivity index (χ2v) is 6.08. The standard InChI is InChI=1S/C17H17ClN2O2S/c1-22-16-5-3-2-4-14(16)10-19-20-17(21)12-23-11-13-6-8-15(18)9-7-13/h2-10H,11-12H2,1H3,(H,20,21)/b19-10-. The van der Waals surface area contributed by atoms with Gasteiger partial charge in [-0.05, 0) is 29.8 Å². The van der Waals surface area contributed by atoms with Crippen LogP contribution in [0.25, 0.3) is 0 Å². The van der Waals surface area contributed by atoms with Crippen LogP contribution in [-0.4, -0.2) is 25.0 Å². The summed E-state index contributed by atoms with van der Waals surface area (Å²) in [6.07, 6.45) is 1.57. The molecule has 0 aromatic heterocycles. The minimum absolute atomic E-state index is 0.143. The summed E-state index contributed by atoms with van der Waals surface area (Å²) >= 11 is 7.35. The normalized spacial score (nSPS) is 10.7. The topological polar surface area (TPSA) is 50.7 Å². The summed E-state index contributed by atoms with van der Waals surface area (Å²) in [5, 5.41) is 4.66. The van der Waals surface area contributed by atoms with E-state index >= 15 is 0 Å². The van der Waals surface area contributed by atoms with Gasteiger partial charge in [-0.1, -0.05) is 35.9 Å². The predicted molar refractivity (Wildman–Crippen MR) is 96.3 cm³/mol. The van der Waals surface area contributed by atoms with E-state index in [0.717, 1.165) is 16.9 Å². The first-order valence-corrected chi connectivity index (χ1v) is 8.49. The molecule has 0 atom stereocenters. The molecule has 1 N–H and O–H groups in total. The summed E-state index contributed by atoms with van der Waals surface area (Å²) in [7, 11) is 1.60. The summed E-state index contributed by atoms with van der Waals surface area (Å²) in [6, 6.07) is 15.1. The van der Waals surface area contributed by atoms with Crippen molar-refractivity contribution in [2.75, 3.05) is 12.9 Å². The number of thioether (sulfide) groups is 1. The van der Waals surface area contributed by atoms with E-state index in [1.807, 2.05) is 48.5 Å². The molecular formula is C17H17ClN2O2S. The Kier molecular flexibility index (Phi) is 6.97. The lowest BCUT2D eigenvalue weighted by atomic mass is 10.2. The quantitative estimate of drug-likeness (QED) is 0.612. The molecule has 1 amide bonds. The number of hydrazone groups is 1. The van der Waals surface area contributed by atoms with Crippen LogP contribution in [0.3, 0.4) is 0 Å². The van der Waals surface area contributed by atoms with Gasteiger partial charge in [-0.25, -0.2) is 5.43 Å². The summed E-state index contributed by atoms with van der Waals surface area (Å²) in [4.78, 5) is 11.7. The van der Waals surface area contributed by atoms with Gasteiger partial charge in [-0.15, -0.1) is 11.8 Å². The number of para-hydroxylation sites is 1. The van der Waals surface area contributed by atoms with Gasteiger partial charge in [-0.2, -0.15) is 5.10 Å². The van der Waals surface area contributed by atoms with Crippen LogP contribution in [0.5, 0.6) is 5.75 Å². The molecule has 0 unspecified atom stereocenters. The lowest BCUT2D eigenvalue weighted by Gasteiger charge is -2.03. The SMILES string of the molecule is COc1ccccc1/C=N\NC(=O)CSCc1ccc(Cl)cc1. The number of halogens is 1. The van der Waals surface area contributed by atoms with Crippen LogP contribution in [-0.2, 0) is 10.5 Å². The molecule has 23 heavy (non-hydrogen) atoms. The van der Waals surface area contributed by atoms with Crippen molar-refractivity contribution in [3.63, 3.8) is 0 Å². The highest BCUT2D eigenvalue weighted by Crippen LogP contribution is 2.16. The highest BCUT2D eigenvalue weighted by molar-refractivity contribution is 7.99. The Morgan fingerprint density at radius 3 is 2.74 bits per heavy atom. The van der Waals surface area contributed by atoms with Crippen molar-refractivity contribution in [1.29, 1.82) is 0 Å². The molecular weight excluding hydrogens is 332 g/mol. The van der Waals surface area contributed by atoms with Gasteiger partial charge in [0.25, 0.3) is 0 Å². The number of ether oxygens (including phenoxy) is 1. The van der Waals surface area contributed by atoms with Crippen LogP contribution in [0.1, 0.15) is 11.1 Å². The number of carbonyl (C=O) groups excluding carboxylic acids is 1. The summed E-state index contributed by atoms with van der Waals surface area (Å²) in [5.41, 5.74) is 4.45. The van der Waals surface area contributed by atoms with Gasteiger partial charge >= 0.3 is 0 Å². The maximum atomic E-state index is 11.7. The molecule has 120 valence electrons. The van der Waals surface area contributed by atoms with Crippen molar-refractivity contribution in [1.82, 2.24) is 5.43 Å². The minimum atomic E-state index is -0.143. The van der Waals surface area contributed by atoms with Gasteiger partial charge in [0.2, 0.25) is 5.91 Å². The van der Waals surface area contributed by atoms with E-state index in [1.165, 1.54) is 11.8 Å². The first-order chi connectivity index (χ1) is 11.2. The molecule has 0 aliphatic carbocycles. The molecule has 0 aliphatic rings. The second-order valence-electron chi connectivity index (χ2n) is 4.65. The molecule has 0 saturated heterocycles. The minimum Gasteiger partial charge on any atom is -0.496 e. The third-order valence-electron chi connectivity index (χ3n) is 2.95. The predicted octanol–water partition coefficient (Wildman–Crippen LogP) is 3.73. The molecule has 0 aliphatic heterocycles. The average Bonchev–Trinajstić information content (AvgIpc) is 2.57. The second kappa shape index (κ2) is 9.22. The van der Waals surface area contributed by atoms with E-state index in [-0.39, 0.29) is 5.91 Å². The maximum Gasteiger partial charge on any atom is 0.250 e. The fourth-order valence-corrected chi connectivity index (χ4v) is 2.73. The highest BCUT2D eigenvalue weighted by Gasteiger charge is 2.02. The Bertz CT molecular complexity index is 675. The van der Waals surface area contributed by atoms with Gasteiger partial charge in [0.1, 0.15) is 5.75 Å². The molecule has 0 heterocycles. The number of rotatable bonds is 7. The van der Waals surface area contributed by atoms with Crippen LogP contribution in [0.2, 0.25) is 5.02 Å². The van der Waals surface area contributed by atoms with Crippen LogP contribution in [0.15, 0.2) is 53.6 Å². The number of amides is 1. The maximum absolute atomic E-state index is 11.7. The number of methoxy groups -OCH3 is 1. The van der Waals surface area contributed by atoms with E-state index in [4.69, 9.17) is 16.3 Å². The smallest absolute Gasteiger partial charge is 0.250 e. The van der Waals surface area contributed by atoms with Gasteiger partial charge in [0.15, 0.2) is 0 Å². The van der Waals surface area contributed by atoms with Crippen molar-refractivity contribution in [2.45, 2.75) is 5.75 Å². The molecule has 2 aromatic rings. The first-order valence-electron chi connectivity index (χ1n) is 6.96. The molecule has 0 saturated carbocycles. The lowest BCUT2D eigenvalue weighted by Crippen LogP contribution is -2.19. The van der Waals surface area contributed by atoms with Crippen LogP contribution >= 0.6 is 23.4 Å². The van der Waals surface area contributed by atoms with Crippen molar-refractivity contribution >= 4 is 35.5 Å². The molecule has 2 aromatic carbocycles. The third-order valence-corrected chi connectivity index (χ3v) is 4.20. The van der Waals surface area contributed by atoms with E-state index < -0.39 is 0 Å². The number of hydrogen-bond acceptors (Lipinski definition) is 4. The summed E-state index contributed by atoms with van der Waals surface area (Å²) in [5.74, 6) is 1.66. The molecule has 0 spiro atoms. The van der Waals surface area contributed by atoms with Gasteiger partial charge in [0.05, 0.1) is 19.1 Å². The molecule has 4 nitrogen and oxygen atoms in total. The van der Waals surface area contributed by atoms with E-state index in [0.29, 0.717) is 16.5 Å². The zero-order valence-electron chi connectivity index (χ0n) is 12.7. The monoisotopic (exact) mass is 348 g/mol. The molecule has 2 rings (SSSR count). The Hall–Kier alpha value is -1.98. The zero-order valence-corrected chi connectivity index (χ0v) is 14.2. The number of nitrogens with one attached hydrogen (secondary N) is 1. The fraction of sp³-hybridized carbons (Fsp3) is 0.176. The number of carbonyl (C=O) groups is 1. The van der Waals surface area contributed by atoms with E-state index in [1.54, 1.807) is 13.3 Å². The molecule has 0 fully saturated rings. The summed E-state index contributed by atoms with van der Waals surface area (Å²) in [6.45, 7) is 0. The number of hydrogen-bond donors (Lipinski definition) is 1. The Morgan fingerprint density at radius 2 is 2.00 bits per heavy atom. The van der Waals surface area contributed by atoms with Crippen LogP contribution < -0.4 is 10.2 Å². The fourth-order valence-electron chi connectivity index (χ4n) is 1.82. The van der Waals surface area contributed by atoms with Crippen molar-refractivity contribution in [3.8, 4) is 5.75 Å². The number of benzene rings is 2. The van der Waals surface area contributed by atoms with E-state index in [9.17, 15) is 4.79 Å². The molecule has 6 heteroatoms.